The molecule has 1 amide bonds. The van der Waals surface area contributed by atoms with Crippen LogP contribution < -0.4 is 10.6 Å². The number of nitrogens with one attached hydrogen (secondary N) is 2. The van der Waals surface area contributed by atoms with Gasteiger partial charge in [-0.15, -0.1) is 0 Å². The summed E-state index contributed by atoms with van der Waals surface area (Å²) in [5, 5.41) is 7.91. The van der Waals surface area contributed by atoms with Crippen LogP contribution in [-0.4, -0.2) is 49.3 Å². The Bertz CT molecular complexity index is 1290. The van der Waals surface area contributed by atoms with Crippen molar-refractivity contribution in [2.75, 3.05) is 25.0 Å². The molecule has 1 aliphatic carbocycles. The van der Waals surface area contributed by atoms with Crippen molar-refractivity contribution in [3.8, 4) is 0 Å². The molecule has 0 atom stereocenters. The Morgan fingerprint density at radius 3 is 2.56 bits per heavy atom. The first-order valence-electron chi connectivity index (χ1n) is 12.5. The first-order chi connectivity index (χ1) is 17.3. The number of fused-ring (bicyclic) bond motifs is 1. The van der Waals surface area contributed by atoms with Gasteiger partial charge in [0.05, 0.1) is 17.0 Å². The summed E-state index contributed by atoms with van der Waals surface area (Å²) in [6, 6.07) is 14.2. The maximum atomic E-state index is 13.5. The van der Waals surface area contributed by atoms with Crippen LogP contribution in [0.5, 0.6) is 0 Å². The number of carbonyl (C=O) groups excluding carboxylic acids is 1. The van der Waals surface area contributed by atoms with Gasteiger partial charge in [0, 0.05) is 41.4 Å². The minimum absolute atomic E-state index is 0.147. The van der Waals surface area contributed by atoms with Gasteiger partial charge in [0.25, 0.3) is 0 Å². The Kier molecular flexibility index (Phi) is 8.82. The molecule has 2 aromatic carbocycles. The number of hydrogen-bond acceptors (Lipinski definition) is 5. The number of pyridine rings is 1. The molecule has 0 unspecified atom stereocenters. The zero-order chi connectivity index (χ0) is 25.5. The fourth-order valence-corrected chi connectivity index (χ4v) is 6.44. The summed E-state index contributed by atoms with van der Waals surface area (Å²) >= 11 is 6.06. The van der Waals surface area contributed by atoms with E-state index in [1.165, 1.54) is 4.31 Å². The van der Waals surface area contributed by atoms with Gasteiger partial charge in [-0.1, -0.05) is 48.6 Å². The zero-order valence-corrected chi connectivity index (χ0v) is 22.1. The summed E-state index contributed by atoms with van der Waals surface area (Å²) in [6.45, 7) is 2.86. The third-order valence-corrected chi connectivity index (χ3v) is 8.75. The number of hydrogen-bond donors (Lipinski definition) is 2. The second-order valence-electron chi connectivity index (χ2n) is 9.31. The molecular formula is C27H33ClN4O3S. The minimum Gasteiger partial charge on any atom is -0.384 e. The number of anilines is 1. The molecule has 3 aromatic rings. The van der Waals surface area contributed by atoms with Gasteiger partial charge in [-0.05, 0) is 62.6 Å². The van der Waals surface area contributed by atoms with Gasteiger partial charge in [0.1, 0.15) is 0 Å². The lowest BCUT2D eigenvalue weighted by Crippen LogP contribution is -2.47. The molecule has 1 aliphatic rings. The predicted octanol–water partition coefficient (Wildman–Crippen LogP) is 5.14. The third kappa shape index (κ3) is 6.55. The minimum atomic E-state index is -3.76. The van der Waals surface area contributed by atoms with Crippen molar-refractivity contribution in [1.82, 2.24) is 14.6 Å². The largest absolute Gasteiger partial charge is 0.384 e. The van der Waals surface area contributed by atoms with Crippen molar-refractivity contribution >= 4 is 44.1 Å². The highest BCUT2D eigenvalue weighted by atomic mass is 35.5. The molecule has 4 rings (SSSR count). The van der Waals surface area contributed by atoms with Crippen LogP contribution in [0.3, 0.4) is 0 Å². The quantitative estimate of drug-likeness (QED) is 0.356. The van der Waals surface area contributed by atoms with Crippen LogP contribution in [0.15, 0.2) is 59.6 Å². The first kappa shape index (κ1) is 26.4. The molecule has 0 spiro atoms. The number of benzene rings is 2. The fourth-order valence-electron chi connectivity index (χ4n) is 4.64. The lowest BCUT2D eigenvalue weighted by atomic mass is 9.95. The number of amides is 1. The average Bonchev–Trinajstić information content (AvgIpc) is 2.87. The van der Waals surface area contributed by atoms with Crippen LogP contribution in [0.1, 0.15) is 44.1 Å². The van der Waals surface area contributed by atoms with Crippen LogP contribution in [0.4, 0.5) is 5.69 Å². The number of aryl methyl sites for hydroxylation is 1. The number of nitrogens with zero attached hydrogens (tertiary/aromatic N) is 2. The standard InChI is InChI=1S/C27H33ClN4O3S/c1-20-8-11-23(12-9-20)36(34,35)32(22-6-3-2-4-7-22)19-27(33)31-16-5-15-29-25-14-17-30-26-18-21(28)10-13-24(25)26/h8-14,17-18,22H,2-7,15-16,19H2,1H3,(H,29,30)(H,31,33). The van der Waals surface area contributed by atoms with Gasteiger partial charge in [0.2, 0.25) is 15.9 Å². The van der Waals surface area contributed by atoms with Crippen molar-refractivity contribution in [2.45, 2.75) is 56.4 Å². The Labute approximate surface area is 218 Å². The van der Waals surface area contributed by atoms with Gasteiger partial charge in [-0.25, -0.2) is 8.42 Å². The molecular weight excluding hydrogens is 496 g/mol. The van der Waals surface area contributed by atoms with Gasteiger partial charge >= 0.3 is 0 Å². The van der Waals surface area contributed by atoms with E-state index in [1.54, 1.807) is 30.5 Å². The summed E-state index contributed by atoms with van der Waals surface area (Å²) in [4.78, 5) is 17.4. The number of aromatic nitrogens is 1. The van der Waals surface area contributed by atoms with E-state index in [0.717, 1.165) is 54.3 Å². The molecule has 2 N–H and O–H groups in total. The molecule has 0 aliphatic heterocycles. The monoisotopic (exact) mass is 528 g/mol. The summed E-state index contributed by atoms with van der Waals surface area (Å²) < 4.78 is 28.3. The summed E-state index contributed by atoms with van der Waals surface area (Å²) in [7, 11) is -3.76. The molecule has 0 radical (unpaired) electrons. The van der Waals surface area contributed by atoms with Crippen LogP contribution >= 0.6 is 11.6 Å². The van der Waals surface area contributed by atoms with E-state index in [2.05, 4.69) is 15.6 Å². The smallest absolute Gasteiger partial charge is 0.243 e. The molecule has 1 aromatic heterocycles. The van der Waals surface area contributed by atoms with Gasteiger partial charge < -0.3 is 10.6 Å². The maximum absolute atomic E-state index is 13.5. The first-order valence-corrected chi connectivity index (χ1v) is 14.3. The highest BCUT2D eigenvalue weighted by Crippen LogP contribution is 2.28. The van der Waals surface area contributed by atoms with E-state index < -0.39 is 10.0 Å². The van der Waals surface area contributed by atoms with E-state index in [0.29, 0.717) is 24.5 Å². The highest BCUT2D eigenvalue weighted by molar-refractivity contribution is 7.89. The maximum Gasteiger partial charge on any atom is 0.243 e. The van der Waals surface area contributed by atoms with Gasteiger partial charge in [-0.2, -0.15) is 4.31 Å². The normalized spacial score (nSPS) is 14.8. The topological polar surface area (TPSA) is 91.4 Å². The molecule has 9 heteroatoms. The molecule has 7 nitrogen and oxygen atoms in total. The molecule has 0 bridgehead atoms. The van der Waals surface area contributed by atoms with Crippen LogP contribution in [0.2, 0.25) is 5.02 Å². The average molecular weight is 529 g/mol. The van der Waals surface area contributed by atoms with Crippen molar-refractivity contribution < 1.29 is 13.2 Å². The van der Waals surface area contributed by atoms with Gasteiger partial charge in [-0.3, -0.25) is 9.78 Å². The van der Waals surface area contributed by atoms with Crippen LogP contribution in [-0.2, 0) is 14.8 Å². The Balaban J connectivity index is 1.33. The van der Waals surface area contributed by atoms with E-state index in [4.69, 9.17) is 11.6 Å². The van der Waals surface area contributed by atoms with Crippen molar-refractivity contribution in [1.29, 1.82) is 0 Å². The second-order valence-corrected chi connectivity index (χ2v) is 11.6. The molecule has 1 heterocycles. The molecule has 0 saturated heterocycles. The van der Waals surface area contributed by atoms with Gasteiger partial charge in [0.15, 0.2) is 0 Å². The van der Waals surface area contributed by atoms with E-state index >= 15 is 0 Å². The fraction of sp³-hybridized carbons (Fsp3) is 0.407. The summed E-state index contributed by atoms with van der Waals surface area (Å²) in [5.41, 5.74) is 2.77. The summed E-state index contributed by atoms with van der Waals surface area (Å²) in [5.74, 6) is -0.278. The SMILES string of the molecule is Cc1ccc(S(=O)(=O)N(CC(=O)NCCCNc2ccnc3cc(Cl)ccc23)C2CCCCC2)cc1. The van der Waals surface area contributed by atoms with Crippen LogP contribution in [0, 0.1) is 6.92 Å². The Hall–Kier alpha value is -2.68. The number of carbonyl (C=O) groups is 1. The molecule has 1 saturated carbocycles. The van der Waals surface area contributed by atoms with Crippen LogP contribution in [0.25, 0.3) is 10.9 Å². The van der Waals surface area contributed by atoms with E-state index in [-0.39, 0.29) is 23.4 Å². The van der Waals surface area contributed by atoms with E-state index in [9.17, 15) is 13.2 Å². The molecule has 192 valence electrons. The third-order valence-electron chi connectivity index (χ3n) is 6.60. The molecule has 1 fully saturated rings. The zero-order valence-electron chi connectivity index (χ0n) is 20.5. The lowest BCUT2D eigenvalue weighted by Gasteiger charge is -2.33. The predicted molar refractivity (Wildman–Crippen MR) is 145 cm³/mol. The summed E-state index contributed by atoms with van der Waals surface area (Å²) in [6.07, 6.45) is 7.06. The molecule has 36 heavy (non-hydrogen) atoms. The number of halogens is 1. The highest BCUT2D eigenvalue weighted by Gasteiger charge is 2.33. The Morgan fingerprint density at radius 2 is 1.81 bits per heavy atom. The van der Waals surface area contributed by atoms with Crippen molar-refractivity contribution in [2.24, 2.45) is 0 Å². The van der Waals surface area contributed by atoms with E-state index in [1.807, 2.05) is 31.2 Å². The van der Waals surface area contributed by atoms with Crippen molar-refractivity contribution in [3.05, 3.63) is 65.3 Å². The second kappa shape index (κ2) is 12.0. The number of rotatable bonds is 10. The lowest BCUT2D eigenvalue weighted by molar-refractivity contribution is -0.121. The number of sulfonamides is 1. The van der Waals surface area contributed by atoms with Crippen molar-refractivity contribution in [3.63, 3.8) is 0 Å². The Morgan fingerprint density at radius 1 is 1.06 bits per heavy atom.